The molecule has 1 saturated heterocycles. The normalized spacial score (nSPS) is 18.6. The molecule has 0 radical (unpaired) electrons. The zero-order valence-electron chi connectivity index (χ0n) is 14.8. The number of sulfonamides is 1. The average molecular weight is 404 g/mol. The number of halogens is 3. The van der Waals surface area contributed by atoms with Gasteiger partial charge in [-0.2, -0.15) is 22.5 Å². The minimum Gasteiger partial charge on any atom is -0.337 e. The highest BCUT2D eigenvalue weighted by molar-refractivity contribution is 7.88. The smallest absolute Gasteiger partial charge is 0.337 e. The second-order valence-electron chi connectivity index (χ2n) is 6.41. The van der Waals surface area contributed by atoms with Crippen molar-refractivity contribution in [3.8, 4) is 11.4 Å². The van der Waals surface area contributed by atoms with Crippen LogP contribution >= 0.6 is 0 Å². The molecule has 0 saturated carbocycles. The lowest BCUT2D eigenvalue weighted by molar-refractivity contribution is -0.137. The van der Waals surface area contributed by atoms with Crippen molar-refractivity contribution in [2.24, 2.45) is 0 Å². The SMILES string of the molecule is C[C@@H](c1nc(-c2cccc(C(F)(F)F)c2)no1)N1CCN(S(C)(=O)=O)CC1. The summed E-state index contributed by atoms with van der Waals surface area (Å²) in [5.74, 6) is 0.355. The largest absolute Gasteiger partial charge is 0.416 e. The minimum atomic E-state index is -4.45. The lowest BCUT2D eigenvalue weighted by Crippen LogP contribution is -2.48. The molecule has 148 valence electrons. The molecular formula is C16H19F3N4O3S. The summed E-state index contributed by atoms with van der Waals surface area (Å²) >= 11 is 0. The Kier molecular flexibility index (Phi) is 5.28. The van der Waals surface area contributed by atoms with Crippen molar-refractivity contribution in [2.45, 2.75) is 19.1 Å². The molecule has 1 aliphatic heterocycles. The summed E-state index contributed by atoms with van der Waals surface area (Å²) in [5, 5.41) is 3.79. The van der Waals surface area contributed by atoms with Gasteiger partial charge in [0.05, 0.1) is 17.9 Å². The highest BCUT2D eigenvalue weighted by Gasteiger charge is 2.31. The molecule has 0 N–H and O–H groups in total. The Bertz CT molecular complexity index is 906. The summed E-state index contributed by atoms with van der Waals surface area (Å²) in [7, 11) is -3.22. The van der Waals surface area contributed by atoms with Gasteiger partial charge in [-0.15, -0.1) is 0 Å². The van der Waals surface area contributed by atoms with Gasteiger partial charge in [0.2, 0.25) is 21.7 Å². The predicted octanol–water partition coefficient (Wildman–Crippen LogP) is 2.39. The first-order valence-electron chi connectivity index (χ1n) is 8.26. The van der Waals surface area contributed by atoms with Crippen molar-refractivity contribution in [1.29, 1.82) is 0 Å². The standard InChI is InChI=1S/C16H19F3N4O3S/c1-11(22-6-8-23(9-7-22)27(2,24)25)15-20-14(21-26-15)12-4-3-5-13(10-12)16(17,18)19/h3-5,10-11H,6-9H2,1-2H3/t11-/m0/s1. The monoisotopic (exact) mass is 404 g/mol. The number of alkyl halides is 3. The molecule has 2 aromatic rings. The Balaban J connectivity index is 1.73. The predicted molar refractivity (Wildman–Crippen MR) is 91.1 cm³/mol. The maximum atomic E-state index is 12.9. The molecule has 1 fully saturated rings. The first kappa shape index (κ1) is 19.8. The topological polar surface area (TPSA) is 79.5 Å². The van der Waals surface area contributed by atoms with Crippen molar-refractivity contribution < 1.29 is 26.1 Å². The zero-order chi connectivity index (χ0) is 19.8. The van der Waals surface area contributed by atoms with E-state index >= 15 is 0 Å². The summed E-state index contributed by atoms with van der Waals surface area (Å²) in [6.07, 6.45) is -3.28. The third-order valence-corrected chi connectivity index (χ3v) is 5.84. The Morgan fingerprint density at radius 1 is 1.19 bits per heavy atom. The van der Waals surface area contributed by atoms with Gasteiger partial charge >= 0.3 is 6.18 Å². The molecule has 7 nitrogen and oxygen atoms in total. The van der Waals surface area contributed by atoms with E-state index in [4.69, 9.17) is 4.52 Å². The van der Waals surface area contributed by atoms with Crippen LogP contribution in [0.1, 0.15) is 24.4 Å². The molecular weight excluding hydrogens is 385 g/mol. The average Bonchev–Trinajstić information content (AvgIpc) is 3.10. The van der Waals surface area contributed by atoms with Crippen molar-refractivity contribution in [3.63, 3.8) is 0 Å². The molecule has 0 bridgehead atoms. The van der Waals surface area contributed by atoms with E-state index in [0.29, 0.717) is 26.2 Å². The Labute approximate surface area is 154 Å². The van der Waals surface area contributed by atoms with E-state index in [9.17, 15) is 21.6 Å². The lowest BCUT2D eigenvalue weighted by Gasteiger charge is -2.35. The summed E-state index contributed by atoms with van der Waals surface area (Å²) in [4.78, 5) is 6.22. The van der Waals surface area contributed by atoms with Crippen LogP contribution in [0.15, 0.2) is 28.8 Å². The van der Waals surface area contributed by atoms with Crippen LogP contribution in [0.5, 0.6) is 0 Å². The number of benzene rings is 1. The fourth-order valence-corrected chi connectivity index (χ4v) is 3.76. The van der Waals surface area contributed by atoms with E-state index in [1.54, 1.807) is 0 Å². The molecule has 0 aliphatic carbocycles. The van der Waals surface area contributed by atoms with E-state index in [-0.39, 0.29) is 23.3 Å². The summed E-state index contributed by atoms with van der Waals surface area (Å²) in [6, 6.07) is 4.46. The molecule has 3 rings (SSSR count). The fraction of sp³-hybridized carbons (Fsp3) is 0.500. The maximum absolute atomic E-state index is 12.9. The number of nitrogens with zero attached hydrogens (tertiary/aromatic N) is 4. The zero-order valence-corrected chi connectivity index (χ0v) is 15.6. The van der Waals surface area contributed by atoms with Crippen LogP contribution in [0.4, 0.5) is 13.2 Å². The molecule has 1 aromatic heterocycles. The molecule has 0 amide bonds. The second-order valence-corrected chi connectivity index (χ2v) is 8.39. The van der Waals surface area contributed by atoms with Gasteiger partial charge in [0.25, 0.3) is 0 Å². The van der Waals surface area contributed by atoms with Crippen molar-refractivity contribution >= 4 is 10.0 Å². The van der Waals surface area contributed by atoms with Crippen LogP contribution in [0.3, 0.4) is 0 Å². The molecule has 27 heavy (non-hydrogen) atoms. The van der Waals surface area contributed by atoms with Crippen molar-refractivity contribution in [3.05, 3.63) is 35.7 Å². The highest BCUT2D eigenvalue weighted by Crippen LogP contribution is 2.32. The Hall–Kier alpha value is -1.98. The number of hydrogen-bond donors (Lipinski definition) is 0. The third-order valence-electron chi connectivity index (χ3n) is 4.54. The van der Waals surface area contributed by atoms with Crippen molar-refractivity contribution in [1.82, 2.24) is 19.3 Å². The molecule has 0 spiro atoms. The van der Waals surface area contributed by atoms with Crippen LogP contribution < -0.4 is 0 Å². The van der Waals surface area contributed by atoms with Gasteiger partial charge in [-0.25, -0.2) is 8.42 Å². The Morgan fingerprint density at radius 2 is 1.85 bits per heavy atom. The van der Waals surface area contributed by atoms with Gasteiger partial charge in [0, 0.05) is 31.7 Å². The highest BCUT2D eigenvalue weighted by atomic mass is 32.2. The maximum Gasteiger partial charge on any atom is 0.416 e. The number of rotatable bonds is 4. The van der Waals surface area contributed by atoms with Crippen LogP contribution in [0.2, 0.25) is 0 Å². The van der Waals surface area contributed by atoms with Gasteiger partial charge in [-0.3, -0.25) is 4.90 Å². The first-order chi connectivity index (χ1) is 12.6. The molecule has 11 heteroatoms. The quantitative estimate of drug-likeness (QED) is 0.779. The molecule has 1 aromatic carbocycles. The van der Waals surface area contributed by atoms with E-state index in [1.165, 1.54) is 22.7 Å². The fourth-order valence-electron chi connectivity index (χ4n) is 2.94. The van der Waals surface area contributed by atoms with Crippen LogP contribution in [0.25, 0.3) is 11.4 Å². The van der Waals surface area contributed by atoms with E-state index < -0.39 is 21.8 Å². The first-order valence-corrected chi connectivity index (χ1v) is 10.1. The number of piperazine rings is 1. The van der Waals surface area contributed by atoms with Crippen molar-refractivity contribution in [2.75, 3.05) is 32.4 Å². The molecule has 1 atom stereocenters. The van der Waals surface area contributed by atoms with Crippen LogP contribution in [-0.4, -0.2) is 60.2 Å². The third kappa shape index (κ3) is 4.47. The lowest BCUT2D eigenvalue weighted by atomic mass is 10.1. The molecule has 0 unspecified atom stereocenters. The Morgan fingerprint density at radius 3 is 2.44 bits per heavy atom. The van der Waals surface area contributed by atoms with Gasteiger partial charge < -0.3 is 4.52 Å². The van der Waals surface area contributed by atoms with Gasteiger partial charge in [-0.1, -0.05) is 17.3 Å². The van der Waals surface area contributed by atoms with Gasteiger partial charge in [0.15, 0.2) is 0 Å². The summed E-state index contributed by atoms with van der Waals surface area (Å²) < 4.78 is 68.4. The molecule has 2 heterocycles. The minimum absolute atomic E-state index is 0.0812. The summed E-state index contributed by atoms with van der Waals surface area (Å²) in [6.45, 7) is 3.54. The molecule has 1 aliphatic rings. The van der Waals surface area contributed by atoms with Crippen LogP contribution in [0, 0.1) is 0 Å². The second kappa shape index (κ2) is 7.21. The van der Waals surface area contributed by atoms with Gasteiger partial charge in [-0.05, 0) is 19.1 Å². The van der Waals surface area contributed by atoms with E-state index in [2.05, 4.69) is 10.1 Å². The van der Waals surface area contributed by atoms with Gasteiger partial charge in [0.1, 0.15) is 0 Å². The number of aromatic nitrogens is 2. The van der Waals surface area contributed by atoms with Crippen LogP contribution in [-0.2, 0) is 16.2 Å². The summed E-state index contributed by atoms with van der Waals surface area (Å²) in [5.41, 5.74) is -0.565. The van der Waals surface area contributed by atoms with E-state index in [1.807, 2.05) is 11.8 Å². The van der Waals surface area contributed by atoms with E-state index in [0.717, 1.165) is 12.1 Å². The number of hydrogen-bond acceptors (Lipinski definition) is 6.